The SMILES string of the molecule is CCOC1Cc2c(cc(C)c(O)c2C)O1. The Morgan fingerprint density at radius 3 is 2.93 bits per heavy atom. The number of hydrogen-bond donors (Lipinski definition) is 1. The zero-order chi connectivity index (χ0) is 11.0. The van der Waals surface area contributed by atoms with Crippen molar-refractivity contribution >= 4 is 0 Å². The van der Waals surface area contributed by atoms with Crippen molar-refractivity contribution in [2.45, 2.75) is 33.5 Å². The third kappa shape index (κ3) is 1.67. The highest BCUT2D eigenvalue weighted by molar-refractivity contribution is 5.53. The average Bonchev–Trinajstić information content (AvgIpc) is 2.58. The second kappa shape index (κ2) is 3.74. The van der Waals surface area contributed by atoms with Crippen molar-refractivity contribution in [3.63, 3.8) is 0 Å². The molecule has 0 aliphatic carbocycles. The van der Waals surface area contributed by atoms with Gasteiger partial charge in [-0.05, 0) is 38.0 Å². The van der Waals surface area contributed by atoms with Crippen molar-refractivity contribution in [1.82, 2.24) is 0 Å². The van der Waals surface area contributed by atoms with E-state index < -0.39 is 0 Å². The van der Waals surface area contributed by atoms with Crippen molar-refractivity contribution in [2.24, 2.45) is 0 Å². The topological polar surface area (TPSA) is 38.7 Å². The van der Waals surface area contributed by atoms with Crippen molar-refractivity contribution in [3.05, 3.63) is 22.8 Å². The zero-order valence-electron chi connectivity index (χ0n) is 9.33. The Labute approximate surface area is 89.6 Å². The fraction of sp³-hybridized carbons (Fsp3) is 0.500. The Morgan fingerprint density at radius 1 is 1.53 bits per heavy atom. The fourth-order valence-corrected chi connectivity index (χ4v) is 1.96. The number of aromatic hydroxyl groups is 1. The standard InChI is InChI=1S/C12H16O3/c1-4-14-11-6-9-8(3)12(13)7(2)5-10(9)15-11/h5,11,13H,4,6H2,1-3H3. The van der Waals surface area contributed by atoms with Gasteiger partial charge in [0.25, 0.3) is 0 Å². The molecule has 3 heteroatoms. The zero-order valence-corrected chi connectivity index (χ0v) is 9.33. The number of rotatable bonds is 2. The molecule has 0 saturated carbocycles. The molecular weight excluding hydrogens is 192 g/mol. The van der Waals surface area contributed by atoms with Gasteiger partial charge in [-0.3, -0.25) is 0 Å². The predicted molar refractivity (Wildman–Crippen MR) is 57.3 cm³/mol. The quantitative estimate of drug-likeness (QED) is 0.810. The highest BCUT2D eigenvalue weighted by atomic mass is 16.7. The molecule has 0 spiro atoms. The summed E-state index contributed by atoms with van der Waals surface area (Å²) < 4.78 is 11.0. The molecule has 1 N–H and O–H groups in total. The third-order valence-corrected chi connectivity index (χ3v) is 2.81. The van der Waals surface area contributed by atoms with Gasteiger partial charge in [0.15, 0.2) is 0 Å². The van der Waals surface area contributed by atoms with E-state index in [1.165, 1.54) is 0 Å². The predicted octanol–water partition coefficient (Wildman–Crippen LogP) is 2.31. The normalized spacial score (nSPS) is 18.7. The summed E-state index contributed by atoms with van der Waals surface area (Å²) in [5, 5.41) is 9.79. The van der Waals surface area contributed by atoms with Crippen LogP contribution in [0.2, 0.25) is 0 Å². The van der Waals surface area contributed by atoms with Crippen LogP contribution < -0.4 is 4.74 Å². The lowest BCUT2D eigenvalue weighted by atomic mass is 10.0. The molecule has 2 rings (SSSR count). The maximum absolute atomic E-state index is 9.79. The molecule has 1 aliphatic heterocycles. The number of benzene rings is 1. The van der Waals surface area contributed by atoms with Crippen molar-refractivity contribution in [3.8, 4) is 11.5 Å². The molecular formula is C12H16O3. The van der Waals surface area contributed by atoms with Crippen LogP contribution in [0.3, 0.4) is 0 Å². The summed E-state index contributed by atoms with van der Waals surface area (Å²) in [7, 11) is 0. The maximum atomic E-state index is 9.79. The molecule has 0 aromatic heterocycles. The minimum absolute atomic E-state index is 0.190. The Kier molecular flexibility index (Phi) is 2.57. The molecule has 0 bridgehead atoms. The Hall–Kier alpha value is -1.22. The summed E-state index contributed by atoms with van der Waals surface area (Å²) >= 11 is 0. The van der Waals surface area contributed by atoms with Crippen LogP contribution >= 0.6 is 0 Å². The summed E-state index contributed by atoms with van der Waals surface area (Å²) in [4.78, 5) is 0. The molecule has 0 radical (unpaired) electrons. The van der Waals surface area contributed by atoms with Gasteiger partial charge in [-0.15, -0.1) is 0 Å². The van der Waals surface area contributed by atoms with E-state index in [0.717, 1.165) is 28.9 Å². The summed E-state index contributed by atoms with van der Waals surface area (Å²) in [6, 6.07) is 1.87. The lowest BCUT2D eigenvalue weighted by Gasteiger charge is -2.09. The summed E-state index contributed by atoms with van der Waals surface area (Å²) in [6.45, 7) is 6.38. The third-order valence-electron chi connectivity index (χ3n) is 2.81. The number of phenols is 1. The van der Waals surface area contributed by atoms with E-state index in [1.807, 2.05) is 26.8 Å². The van der Waals surface area contributed by atoms with Gasteiger partial charge in [-0.25, -0.2) is 0 Å². The van der Waals surface area contributed by atoms with Crippen LogP contribution in [0.15, 0.2) is 6.07 Å². The number of aryl methyl sites for hydroxylation is 1. The highest BCUT2D eigenvalue weighted by Gasteiger charge is 2.26. The van der Waals surface area contributed by atoms with E-state index in [1.54, 1.807) is 0 Å². The maximum Gasteiger partial charge on any atom is 0.204 e. The first kappa shape index (κ1) is 10.3. The molecule has 0 fully saturated rings. The van der Waals surface area contributed by atoms with Gasteiger partial charge in [0.1, 0.15) is 11.5 Å². The molecule has 1 heterocycles. The molecule has 0 amide bonds. The van der Waals surface area contributed by atoms with E-state index in [4.69, 9.17) is 9.47 Å². The Bertz CT molecular complexity index is 385. The summed E-state index contributed by atoms with van der Waals surface area (Å²) in [6.07, 6.45) is 0.535. The first-order valence-corrected chi connectivity index (χ1v) is 5.23. The van der Waals surface area contributed by atoms with Gasteiger partial charge in [0, 0.05) is 18.6 Å². The Balaban J connectivity index is 2.34. The smallest absolute Gasteiger partial charge is 0.204 e. The van der Waals surface area contributed by atoms with Gasteiger partial charge in [0.2, 0.25) is 6.29 Å². The average molecular weight is 208 g/mol. The minimum atomic E-state index is -0.190. The van der Waals surface area contributed by atoms with Crippen molar-refractivity contribution < 1.29 is 14.6 Å². The van der Waals surface area contributed by atoms with Crippen LogP contribution in [0.1, 0.15) is 23.6 Å². The van der Waals surface area contributed by atoms with Crippen LogP contribution in [0.25, 0.3) is 0 Å². The molecule has 0 saturated heterocycles. The van der Waals surface area contributed by atoms with Gasteiger partial charge in [0.05, 0.1) is 0 Å². The molecule has 1 aromatic rings. The molecule has 1 atom stereocenters. The fourth-order valence-electron chi connectivity index (χ4n) is 1.96. The largest absolute Gasteiger partial charge is 0.507 e. The second-order valence-electron chi connectivity index (χ2n) is 3.85. The van der Waals surface area contributed by atoms with E-state index in [9.17, 15) is 5.11 Å². The number of phenolic OH excluding ortho intramolecular Hbond substituents is 1. The first-order chi connectivity index (χ1) is 7.13. The monoisotopic (exact) mass is 208 g/mol. The molecule has 82 valence electrons. The molecule has 15 heavy (non-hydrogen) atoms. The van der Waals surface area contributed by atoms with Gasteiger partial charge < -0.3 is 14.6 Å². The highest BCUT2D eigenvalue weighted by Crippen LogP contribution is 2.38. The number of fused-ring (bicyclic) bond motifs is 1. The van der Waals surface area contributed by atoms with Crippen LogP contribution in [0.5, 0.6) is 11.5 Å². The van der Waals surface area contributed by atoms with E-state index >= 15 is 0 Å². The lowest BCUT2D eigenvalue weighted by molar-refractivity contribution is -0.0602. The van der Waals surface area contributed by atoms with E-state index in [0.29, 0.717) is 12.4 Å². The van der Waals surface area contributed by atoms with Crippen molar-refractivity contribution in [1.29, 1.82) is 0 Å². The first-order valence-electron chi connectivity index (χ1n) is 5.23. The number of ether oxygens (including phenoxy) is 2. The molecule has 3 nitrogen and oxygen atoms in total. The van der Waals surface area contributed by atoms with Crippen LogP contribution in [0.4, 0.5) is 0 Å². The molecule has 1 unspecified atom stereocenters. The van der Waals surface area contributed by atoms with Crippen LogP contribution in [-0.2, 0) is 11.2 Å². The summed E-state index contributed by atoms with van der Waals surface area (Å²) in [5.74, 6) is 1.22. The van der Waals surface area contributed by atoms with Gasteiger partial charge in [-0.2, -0.15) is 0 Å². The second-order valence-corrected chi connectivity index (χ2v) is 3.85. The molecule has 1 aliphatic rings. The minimum Gasteiger partial charge on any atom is -0.507 e. The van der Waals surface area contributed by atoms with Gasteiger partial charge in [-0.1, -0.05) is 0 Å². The van der Waals surface area contributed by atoms with Crippen molar-refractivity contribution in [2.75, 3.05) is 6.61 Å². The number of hydrogen-bond acceptors (Lipinski definition) is 3. The van der Waals surface area contributed by atoms with Crippen LogP contribution in [0, 0.1) is 13.8 Å². The Morgan fingerprint density at radius 2 is 2.27 bits per heavy atom. The van der Waals surface area contributed by atoms with Gasteiger partial charge >= 0.3 is 0 Å². The lowest BCUT2D eigenvalue weighted by Crippen LogP contribution is -2.17. The summed E-state index contributed by atoms with van der Waals surface area (Å²) in [5.41, 5.74) is 2.83. The van der Waals surface area contributed by atoms with E-state index in [-0.39, 0.29) is 6.29 Å². The van der Waals surface area contributed by atoms with E-state index in [2.05, 4.69) is 0 Å². The molecule has 1 aromatic carbocycles. The van der Waals surface area contributed by atoms with Crippen LogP contribution in [-0.4, -0.2) is 18.0 Å².